The summed E-state index contributed by atoms with van der Waals surface area (Å²) in [6.07, 6.45) is 0. The van der Waals surface area contributed by atoms with Gasteiger partial charge in [0, 0.05) is 16.7 Å². The maximum Gasteiger partial charge on any atom is 0.374 e. The molecule has 0 spiro atoms. The monoisotopic (exact) mass is 360 g/mol. The van der Waals surface area contributed by atoms with Gasteiger partial charge in [0.25, 0.3) is 0 Å². The summed E-state index contributed by atoms with van der Waals surface area (Å²) in [6.45, 7) is -0.606. The Bertz CT molecular complexity index is 1040. The van der Waals surface area contributed by atoms with Crippen LogP contribution in [0.2, 0.25) is 5.02 Å². The smallest absolute Gasteiger partial charge is 0.374 e. The highest BCUT2D eigenvalue weighted by atomic mass is 35.5. The molecule has 3 rings (SSSR count). The molecular formula is C18H10ClFO5. The number of ketones is 1. The molecule has 0 saturated heterocycles. The molecule has 0 aliphatic heterocycles. The molecule has 0 N–H and O–H groups in total. The maximum atomic E-state index is 13.1. The summed E-state index contributed by atoms with van der Waals surface area (Å²) in [4.78, 5) is 35.9. The number of hydrogen-bond acceptors (Lipinski definition) is 5. The van der Waals surface area contributed by atoms with Gasteiger partial charge in [0.15, 0.2) is 17.8 Å². The van der Waals surface area contributed by atoms with E-state index in [1.807, 2.05) is 0 Å². The van der Waals surface area contributed by atoms with Gasteiger partial charge in [-0.2, -0.15) is 0 Å². The molecule has 0 aliphatic rings. The quantitative estimate of drug-likeness (QED) is 0.524. The molecule has 3 aromatic rings. The topological polar surface area (TPSA) is 73.6 Å². The van der Waals surface area contributed by atoms with E-state index in [0.29, 0.717) is 5.02 Å². The van der Waals surface area contributed by atoms with E-state index in [4.69, 9.17) is 20.8 Å². The lowest BCUT2D eigenvalue weighted by atomic mass is 10.1. The van der Waals surface area contributed by atoms with E-state index in [1.54, 1.807) is 0 Å². The highest BCUT2D eigenvalue weighted by Crippen LogP contribution is 2.18. The zero-order valence-corrected chi connectivity index (χ0v) is 13.4. The first-order valence-corrected chi connectivity index (χ1v) is 7.51. The molecule has 2 aromatic carbocycles. The van der Waals surface area contributed by atoms with Gasteiger partial charge < -0.3 is 9.15 Å². The molecule has 0 fully saturated rings. The largest absolute Gasteiger partial charge is 0.451 e. The van der Waals surface area contributed by atoms with Crippen LogP contribution < -0.4 is 5.43 Å². The van der Waals surface area contributed by atoms with Gasteiger partial charge in [-0.1, -0.05) is 23.7 Å². The minimum Gasteiger partial charge on any atom is -0.451 e. The molecule has 0 atom stereocenters. The second kappa shape index (κ2) is 6.86. The van der Waals surface area contributed by atoms with Crippen LogP contribution in [-0.4, -0.2) is 18.4 Å². The summed E-state index contributed by atoms with van der Waals surface area (Å²) in [5.74, 6) is -2.47. The lowest BCUT2D eigenvalue weighted by Gasteiger charge is -2.05. The summed E-state index contributed by atoms with van der Waals surface area (Å²) in [7, 11) is 0. The van der Waals surface area contributed by atoms with Crippen molar-refractivity contribution >= 4 is 34.3 Å². The van der Waals surface area contributed by atoms with Crippen LogP contribution in [0, 0.1) is 5.82 Å². The van der Waals surface area contributed by atoms with Crippen molar-refractivity contribution in [2.75, 3.05) is 6.61 Å². The molecule has 25 heavy (non-hydrogen) atoms. The van der Waals surface area contributed by atoms with Gasteiger partial charge >= 0.3 is 5.97 Å². The normalized spacial score (nSPS) is 10.6. The van der Waals surface area contributed by atoms with E-state index in [2.05, 4.69) is 0 Å². The van der Waals surface area contributed by atoms with Crippen molar-refractivity contribution in [3.63, 3.8) is 0 Å². The maximum absolute atomic E-state index is 13.1. The third kappa shape index (κ3) is 3.75. The second-order valence-electron chi connectivity index (χ2n) is 5.13. The summed E-state index contributed by atoms with van der Waals surface area (Å²) < 4.78 is 23.2. The Balaban J connectivity index is 1.77. The summed E-state index contributed by atoms with van der Waals surface area (Å²) in [5, 5.41) is 0.579. The van der Waals surface area contributed by atoms with E-state index < -0.39 is 29.6 Å². The molecule has 0 aliphatic carbocycles. The number of rotatable bonds is 4. The first-order chi connectivity index (χ1) is 11.9. The highest BCUT2D eigenvalue weighted by Gasteiger charge is 2.16. The molecule has 0 unspecified atom stereocenters. The van der Waals surface area contributed by atoms with E-state index in [-0.39, 0.29) is 22.3 Å². The minimum atomic E-state index is -0.973. The van der Waals surface area contributed by atoms with Crippen LogP contribution >= 0.6 is 11.6 Å². The van der Waals surface area contributed by atoms with Crippen molar-refractivity contribution < 1.29 is 23.1 Å². The standard InChI is InChI=1S/C18H10ClFO5/c19-11-4-5-16-13(7-11)14(21)8-17(25-16)18(23)24-9-15(22)10-2-1-3-12(20)6-10/h1-8H,9H2. The predicted molar refractivity (Wildman–Crippen MR) is 88.5 cm³/mol. The average Bonchev–Trinajstić information content (AvgIpc) is 2.59. The number of fused-ring (bicyclic) bond motifs is 1. The van der Waals surface area contributed by atoms with Crippen LogP contribution in [0.5, 0.6) is 0 Å². The number of benzene rings is 2. The highest BCUT2D eigenvalue weighted by molar-refractivity contribution is 6.31. The zero-order chi connectivity index (χ0) is 18.0. The number of esters is 1. The van der Waals surface area contributed by atoms with Crippen molar-refractivity contribution in [2.24, 2.45) is 0 Å². The molecule has 5 nitrogen and oxygen atoms in total. The van der Waals surface area contributed by atoms with Crippen molar-refractivity contribution in [1.82, 2.24) is 0 Å². The molecule has 0 saturated carbocycles. The van der Waals surface area contributed by atoms with Gasteiger partial charge in [-0.05, 0) is 30.3 Å². The third-order valence-corrected chi connectivity index (χ3v) is 3.61. The van der Waals surface area contributed by atoms with Crippen LogP contribution in [-0.2, 0) is 4.74 Å². The molecule has 1 aromatic heterocycles. The third-order valence-electron chi connectivity index (χ3n) is 3.37. The molecular weight excluding hydrogens is 351 g/mol. The number of halogens is 2. The van der Waals surface area contributed by atoms with Gasteiger partial charge in [0.05, 0.1) is 5.39 Å². The molecule has 0 radical (unpaired) electrons. The van der Waals surface area contributed by atoms with Crippen LogP contribution in [0.15, 0.2) is 57.7 Å². The van der Waals surface area contributed by atoms with Gasteiger partial charge in [-0.25, -0.2) is 9.18 Å². The fourth-order valence-electron chi connectivity index (χ4n) is 2.18. The van der Waals surface area contributed by atoms with Crippen LogP contribution in [0.3, 0.4) is 0 Å². The Labute approximate surface area is 145 Å². The molecule has 1 heterocycles. The summed E-state index contributed by atoms with van der Waals surface area (Å²) >= 11 is 5.81. The second-order valence-corrected chi connectivity index (χ2v) is 5.56. The van der Waals surface area contributed by atoms with Crippen molar-refractivity contribution in [1.29, 1.82) is 0 Å². The lowest BCUT2D eigenvalue weighted by molar-refractivity contribution is 0.0444. The number of carbonyl (C=O) groups is 2. The number of hydrogen-bond donors (Lipinski definition) is 0. The van der Waals surface area contributed by atoms with Gasteiger partial charge in [-0.3, -0.25) is 9.59 Å². The Kier molecular flexibility index (Phi) is 4.63. The zero-order valence-electron chi connectivity index (χ0n) is 12.6. The van der Waals surface area contributed by atoms with Gasteiger partial charge in [-0.15, -0.1) is 0 Å². The van der Waals surface area contributed by atoms with Crippen molar-refractivity contribution in [3.8, 4) is 0 Å². The first-order valence-electron chi connectivity index (χ1n) is 7.13. The van der Waals surface area contributed by atoms with Crippen molar-refractivity contribution in [2.45, 2.75) is 0 Å². The van der Waals surface area contributed by atoms with Crippen LogP contribution in [0.4, 0.5) is 4.39 Å². The van der Waals surface area contributed by atoms with E-state index in [0.717, 1.165) is 12.1 Å². The van der Waals surface area contributed by atoms with Gasteiger partial charge in [0.2, 0.25) is 5.76 Å². The molecule has 7 heteroatoms. The van der Waals surface area contributed by atoms with Crippen molar-refractivity contribution in [3.05, 3.63) is 80.9 Å². The van der Waals surface area contributed by atoms with E-state index in [1.165, 1.54) is 36.4 Å². The van der Waals surface area contributed by atoms with E-state index in [9.17, 15) is 18.8 Å². The molecule has 0 amide bonds. The molecule has 126 valence electrons. The minimum absolute atomic E-state index is 0.0717. The lowest BCUT2D eigenvalue weighted by Crippen LogP contribution is -2.16. The predicted octanol–water partition coefficient (Wildman–Crippen LogP) is 3.63. The first kappa shape index (κ1) is 16.9. The SMILES string of the molecule is O=C(COC(=O)c1cc(=O)c2cc(Cl)ccc2o1)c1cccc(F)c1. The van der Waals surface area contributed by atoms with Crippen LogP contribution in [0.25, 0.3) is 11.0 Å². The Morgan fingerprint density at radius 2 is 1.92 bits per heavy atom. The van der Waals surface area contributed by atoms with Gasteiger partial charge in [0.1, 0.15) is 11.4 Å². The summed E-state index contributed by atoms with van der Waals surface area (Å²) in [5.41, 5.74) is -0.227. The fourth-order valence-corrected chi connectivity index (χ4v) is 2.35. The van der Waals surface area contributed by atoms with Crippen LogP contribution in [0.1, 0.15) is 20.9 Å². The number of carbonyl (C=O) groups excluding carboxylic acids is 2. The Hall–Kier alpha value is -2.99. The van der Waals surface area contributed by atoms with E-state index >= 15 is 0 Å². The summed E-state index contributed by atoms with van der Waals surface area (Å²) in [6, 6.07) is 10.4. The Morgan fingerprint density at radius 1 is 1.12 bits per heavy atom. The average molecular weight is 361 g/mol. The Morgan fingerprint density at radius 3 is 2.68 bits per heavy atom. The number of ether oxygens (including phenoxy) is 1. The fraction of sp³-hybridized carbons (Fsp3) is 0.0556. The molecule has 0 bridgehead atoms. The number of Topliss-reactive ketones (excluding diaryl/α,β-unsaturated/α-hetero) is 1.